The molecule has 2 fully saturated rings. The van der Waals surface area contributed by atoms with Gasteiger partial charge < -0.3 is 14.9 Å². The third kappa shape index (κ3) is 3.29. The van der Waals surface area contributed by atoms with Gasteiger partial charge in [-0.3, -0.25) is 14.6 Å². The number of nitrogens with zero attached hydrogens (tertiary/aromatic N) is 3. The number of hydrogen-bond donors (Lipinski definition) is 1. The predicted octanol–water partition coefficient (Wildman–Crippen LogP) is 1.23. The molecule has 6 heteroatoms. The molecule has 1 aromatic heterocycles. The predicted molar refractivity (Wildman–Crippen MR) is 89.4 cm³/mol. The molecule has 0 radical (unpaired) electrons. The van der Waals surface area contributed by atoms with Gasteiger partial charge in [0.15, 0.2) is 0 Å². The molecule has 0 saturated carbocycles. The number of piperidine rings is 2. The molecule has 2 saturated heterocycles. The average molecular weight is 331 g/mol. The topological polar surface area (TPSA) is 73.7 Å². The second-order valence-corrected chi connectivity index (χ2v) is 7.02. The fourth-order valence-electron chi connectivity index (χ4n) is 3.88. The molecule has 2 aliphatic rings. The van der Waals surface area contributed by atoms with Gasteiger partial charge >= 0.3 is 0 Å². The molecular formula is C18H25N3O3. The lowest BCUT2D eigenvalue weighted by Crippen LogP contribution is -2.52. The van der Waals surface area contributed by atoms with Crippen molar-refractivity contribution in [2.24, 2.45) is 5.41 Å². The highest BCUT2D eigenvalue weighted by Crippen LogP contribution is 2.40. The Hall–Kier alpha value is -1.95. The summed E-state index contributed by atoms with van der Waals surface area (Å²) in [5.74, 6) is 0.189. The van der Waals surface area contributed by atoms with Crippen LogP contribution in [0.2, 0.25) is 0 Å². The molecule has 6 nitrogen and oxygen atoms in total. The maximum atomic E-state index is 12.7. The van der Waals surface area contributed by atoms with Crippen molar-refractivity contribution < 1.29 is 14.7 Å². The van der Waals surface area contributed by atoms with Crippen LogP contribution in [0.4, 0.5) is 0 Å². The molecule has 2 aliphatic heterocycles. The van der Waals surface area contributed by atoms with Crippen LogP contribution >= 0.6 is 0 Å². The minimum absolute atomic E-state index is 0.00666. The molecule has 0 aliphatic carbocycles. The quantitative estimate of drug-likeness (QED) is 0.904. The number of aryl methyl sites for hydroxylation is 1. The van der Waals surface area contributed by atoms with Gasteiger partial charge in [-0.15, -0.1) is 0 Å². The van der Waals surface area contributed by atoms with Crippen molar-refractivity contribution in [3.05, 3.63) is 29.6 Å². The Labute approximate surface area is 142 Å². The van der Waals surface area contributed by atoms with Crippen molar-refractivity contribution in [2.45, 2.75) is 32.6 Å². The molecule has 2 amide bonds. The molecule has 0 aromatic carbocycles. The lowest BCUT2D eigenvalue weighted by molar-refractivity contribution is -0.139. The van der Waals surface area contributed by atoms with E-state index in [4.69, 9.17) is 5.11 Å². The number of rotatable bonds is 3. The highest BCUT2D eigenvalue weighted by atomic mass is 16.3. The van der Waals surface area contributed by atoms with Crippen molar-refractivity contribution >= 4 is 11.8 Å². The number of pyridine rings is 1. The number of carbonyl (C=O) groups is 2. The summed E-state index contributed by atoms with van der Waals surface area (Å²) >= 11 is 0. The van der Waals surface area contributed by atoms with Crippen molar-refractivity contribution in [1.29, 1.82) is 0 Å². The summed E-state index contributed by atoms with van der Waals surface area (Å²) in [7, 11) is 0. The van der Waals surface area contributed by atoms with E-state index < -0.39 is 0 Å². The van der Waals surface area contributed by atoms with Gasteiger partial charge in [-0.25, -0.2) is 0 Å². The number of aliphatic hydroxyl groups is 1. The van der Waals surface area contributed by atoms with Crippen molar-refractivity contribution in [2.75, 3.05) is 32.8 Å². The van der Waals surface area contributed by atoms with E-state index >= 15 is 0 Å². The van der Waals surface area contributed by atoms with Crippen LogP contribution in [0.1, 0.15) is 41.6 Å². The van der Waals surface area contributed by atoms with E-state index in [9.17, 15) is 9.59 Å². The van der Waals surface area contributed by atoms with Gasteiger partial charge in [-0.05, 0) is 43.2 Å². The van der Waals surface area contributed by atoms with E-state index in [0.717, 1.165) is 24.8 Å². The Kier molecular flexibility index (Phi) is 4.85. The number of aliphatic hydroxyl groups excluding tert-OH is 1. The Morgan fingerprint density at radius 2 is 2.08 bits per heavy atom. The summed E-state index contributed by atoms with van der Waals surface area (Å²) in [5, 5.41) is 9.14. The van der Waals surface area contributed by atoms with E-state index in [1.54, 1.807) is 17.3 Å². The highest BCUT2D eigenvalue weighted by Gasteiger charge is 2.41. The molecule has 130 valence electrons. The SMILES string of the molecule is Cc1ccncc1C(=O)N1CCC2(CCC(=O)N(CCO)C2)CC1. The van der Waals surface area contributed by atoms with Crippen molar-refractivity contribution in [3.63, 3.8) is 0 Å². The number of β-amino-alcohol motifs (C(OH)–C–C–N with tert-alkyl or cyclic N) is 1. The molecule has 24 heavy (non-hydrogen) atoms. The fourth-order valence-corrected chi connectivity index (χ4v) is 3.88. The second-order valence-electron chi connectivity index (χ2n) is 7.02. The van der Waals surface area contributed by atoms with Gasteiger partial charge in [0.1, 0.15) is 0 Å². The van der Waals surface area contributed by atoms with Crippen LogP contribution in [0, 0.1) is 12.3 Å². The molecule has 3 rings (SSSR count). The number of amides is 2. The first-order chi connectivity index (χ1) is 11.5. The van der Waals surface area contributed by atoms with Gasteiger partial charge in [0.25, 0.3) is 5.91 Å². The lowest BCUT2D eigenvalue weighted by Gasteiger charge is -2.47. The maximum absolute atomic E-state index is 12.7. The second kappa shape index (κ2) is 6.89. The van der Waals surface area contributed by atoms with E-state index in [2.05, 4.69) is 4.98 Å². The standard InChI is InChI=1S/C18H25N3O3/c1-14-3-7-19-12-15(14)17(24)20-8-5-18(6-9-20)4-2-16(23)21(13-18)10-11-22/h3,7,12,22H,2,4-6,8-11,13H2,1H3. The van der Waals surface area contributed by atoms with Crippen LogP contribution in [0.15, 0.2) is 18.5 Å². The Balaban J connectivity index is 1.64. The third-order valence-corrected chi connectivity index (χ3v) is 5.50. The molecule has 3 heterocycles. The summed E-state index contributed by atoms with van der Waals surface area (Å²) in [5.41, 5.74) is 1.73. The number of likely N-dealkylation sites (tertiary alicyclic amines) is 2. The molecule has 0 atom stereocenters. The van der Waals surface area contributed by atoms with Crippen molar-refractivity contribution in [1.82, 2.24) is 14.8 Å². The van der Waals surface area contributed by atoms with Crippen LogP contribution in [0.3, 0.4) is 0 Å². The van der Waals surface area contributed by atoms with Gasteiger partial charge in [0.05, 0.1) is 12.2 Å². The monoisotopic (exact) mass is 331 g/mol. The molecule has 0 unspecified atom stereocenters. The van der Waals surface area contributed by atoms with Gasteiger partial charge in [-0.1, -0.05) is 0 Å². The summed E-state index contributed by atoms with van der Waals surface area (Å²) in [6, 6.07) is 1.86. The first kappa shape index (κ1) is 16.9. The van der Waals surface area contributed by atoms with Crippen LogP contribution in [-0.2, 0) is 4.79 Å². The molecule has 1 N–H and O–H groups in total. The van der Waals surface area contributed by atoms with Gasteiger partial charge in [0.2, 0.25) is 5.91 Å². The average Bonchev–Trinajstić information content (AvgIpc) is 2.59. The third-order valence-electron chi connectivity index (χ3n) is 5.50. The van der Waals surface area contributed by atoms with E-state index in [0.29, 0.717) is 38.2 Å². The largest absolute Gasteiger partial charge is 0.395 e. The van der Waals surface area contributed by atoms with Crippen LogP contribution < -0.4 is 0 Å². The smallest absolute Gasteiger partial charge is 0.255 e. The molecule has 1 spiro atoms. The summed E-state index contributed by atoms with van der Waals surface area (Å²) < 4.78 is 0. The first-order valence-corrected chi connectivity index (χ1v) is 8.63. The zero-order valence-electron chi connectivity index (χ0n) is 14.2. The zero-order chi connectivity index (χ0) is 17.2. The maximum Gasteiger partial charge on any atom is 0.255 e. The van der Waals surface area contributed by atoms with Crippen LogP contribution in [-0.4, -0.2) is 64.5 Å². The zero-order valence-corrected chi connectivity index (χ0v) is 14.2. The summed E-state index contributed by atoms with van der Waals surface area (Å²) in [6.07, 6.45) is 6.61. The molecular weight excluding hydrogens is 306 g/mol. The van der Waals surface area contributed by atoms with Crippen LogP contribution in [0.25, 0.3) is 0 Å². The Bertz CT molecular complexity index is 624. The highest BCUT2D eigenvalue weighted by molar-refractivity contribution is 5.95. The van der Waals surface area contributed by atoms with Gasteiger partial charge in [-0.2, -0.15) is 0 Å². The Morgan fingerprint density at radius 1 is 1.33 bits per heavy atom. The number of carbonyl (C=O) groups excluding carboxylic acids is 2. The van der Waals surface area contributed by atoms with Crippen molar-refractivity contribution in [3.8, 4) is 0 Å². The number of aromatic nitrogens is 1. The fraction of sp³-hybridized carbons (Fsp3) is 0.611. The number of hydrogen-bond acceptors (Lipinski definition) is 4. The van der Waals surface area contributed by atoms with E-state index in [1.165, 1.54) is 0 Å². The minimum atomic E-state index is 0.00666. The van der Waals surface area contributed by atoms with E-state index in [1.807, 2.05) is 17.9 Å². The van der Waals surface area contributed by atoms with Crippen LogP contribution in [0.5, 0.6) is 0 Å². The Morgan fingerprint density at radius 3 is 2.75 bits per heavy atom. The molecule has 0 bridgehead atoms. The molecule has 1 aromatic rings. The normalized spacial score (nSPS) is 20.5. The first-order valence-electron chi connectivity index (χ1n) is 8.63. The summed E-state index contributed by atoms with van der Waals surface area (Å²) in [4.78, 5) is 32.4. The van der Waals surface area contributed by atoms with Gasteiger partial charge in [0, 0.05) is 45.0 Å². The minimum Gasteiger partial charge on any atom is -0.395 e. The lowest BCUT2D eigenvalue weighted by atomic mass is 9.72. The van der Waals surface area contributed by atoms with E-state index in [-0.39, 0.29) is 23.8 Å². The summed E-state index contributed by atoms with van der Waals surface area (Å²) in [6.45, 7) is 4.49.